The average molecular weight is 494 g/mol. The number of sulfone groups is 1. The smallest absolute Gasteiger partial charge is 0.227 e. The Morgan fingerprint density at radius 2 is 1.75 bits per heavy atom. The van der Waals surface area contributed by atoms with Gasteiger partial charge >= 0.3 is 0 Å². The molecule has 1 aliphatic rings. The predicted molar refractivity (Wildman–Crippen MR) is 126 cm³/mol. The van der Waals surface area contributed by atoms with Crippen molar-refractivity contribution in [2.45, 2.75) is 9.79 Å². The molecule has 1 saturated heterocycles. The number of nitrogens with two attached hydrogens (primary N) is 1. The maximum atomic E-state index is 13.0. The molecule has 1 aromatic heterocycles. The molecular formula is C21H21Cl2N5O3S. The van der Waals surface area contributed by atoms with Crippen molar-refractivity contribution in [1.29, 1.82) is 0 Å². The molecule has 0 spiro atoms. The van der Waals surface area contributed by atoms with Crippen LogP contribution in [0.5, 0.6) is 5.75 Å². The van der Waals surface area contributed by atoms with E-state index in [0.29, 0.717) is 29.8 Å². The second kappa shape index (κ2) is 9.01. The van der Waals surface area contributed by atoms with Gasteiger partial charge in [0.2, 0.25) is 15.8 Å². The molecule has 4 rings (SSSR count). The van der Waals surface area contributed by atoms with Gasteiger partial charge in [-0.25, -0.2) is 13.4 Å². The van der Waals surface area contributed by atoms with E-state index < -0.39 is 9.84 Å². The van der Waals surface area contributed by atoms with Crippen LogP contribution in [-0.2, 0) is 9.84 Å². The summed E-state index contributed by atoms with van der Waals surface area (Å²) in [7, 11) is -2.49. The topological polar surface area (TPSA) is 102 Å². The Hall–Kier alpha value is -2.75. The molecule has 3 aromatic rings. The van der Waals surface area contributed by atoms with Crippen molar-refractivity contribution in [2.24, 2.45) is 0 Å². The lowest BCUT2D eigenvalue weighted by Crippen LogP contribution is -2.47. The minimum Gasteiger partial charge on any atom is -0.495 e. The number of benzene rings is 2. The van der Waals surface area contributed by atoms with E-state index in [1.165, 1.54) is 31.5 Å². The van der Waals surface area contributed by atoms with Crippen molar-refractivity contribution in [2.75, 3.05) is 48.8 Å². The lowest BCUT2D eigenvalue weighted by atomic mass is 10.2. The van der Waals surface area contributed by atoms with E-state index in [1.807, 2.05) is 29.2 Å². The molecule has 2 heterocycles. The van der Waals surface area contributed by atoms with Crippen molar-refractivity contribution >= 4 is 50.5 Å². The molecule has 8 nitrogen and oxygen atoms in total. The predicted octanol–water partition coefficient (Wildman–Crippen LogP) is 3.53. The van der Waals surface area contributed by atoms with Gasteiger partial charge in [-0.1, -0.05) is 29.3 Å². The van der Waals surface area contributed by atoms with E-state index in [2.05, 4.69) is 14.9 Å². The van der Waals surface area contributed by atoms with Crippen LogP contribution in [0.15, 0.2) is 58.5 Å². The second-order valence-electron chi connectivity index (χ2n) is 7.17. The quantitative estimate of drug-likeness (QED) is 0.575. The number of aromatic nitrogens is 2. The summed E-state index contributed by atoms with van der Waals surface area (Å²) in [6.45, 7) is 2.81. The first-order valence-electron chi connectivity index (χ1n) is 9.76. The minimum absolute atomic E-state index is 0.0125. The minimum atomic E-state index is -3.94. The highest BCUT2D eigenvalue weighted by atomic mass is 35.5. The molecule has 1 fully saturated rings. The van der Waals surface area contributed by atoms with Crippen molar-refractivity contribution in [1.82, 2.24) is 9.97 Å². The lowest BCUT2D eigenvalue weighted by Gasteiger charge is -2.36. The number of nitrogen functional groups attached to an aromatic ring is 1. The van der Waals surface area contributed by atoms with Gasteiger partial charge < -0.3 is 20.3 Å². The lowest BCUT2D eigenvalue weighted by molar-refractivity contribution is 0.414. The molecule has 2 N–H and O–H groups in total. The fraction of sp³-hybridized carbons (Fsp3) is 0.238. The van der Waals surface area contributed by atoms with Crippen LogP contribution in [0, 0.1) is 0 Å². The highest BCUT2D eigenvalue weighted by Crippen LogP contribution is 2.31. The number of ether oxygens (including phenoxy) is 1. The van der Waals surface area contributed by atoms with E-state index in [0.717, 1.165) is 18.8 Å². The summed E-state index contributed by atoms with van der Waals surface area (Å²) in [5.74, 6) is 0.654. The first-order chi connectivity index (χ1) is 15.3. The van der Waals surface area contributed by atoms with E-state index >= 15 is 0 Å². The molecule has 0 bridgehead atoms. The van der Waals surface area contributed by atoms with Crippen LogP contribution >= 0.6 is 23.2 Å². The van der Waals surface area contributed by atoms with Gasteiger partial charge in [0.05, 0.1) is 23.2 Å². The standard InChI is InChI=1S/C21H21Cl2N5O3S/c1-31-18-6-5-16(12-17(18)23)32(29,30)19-13-25-21(26-20(19)24)28-9-7-27(8-10-28)15-4-2-3-14(22)11-15/h2-6,11-13H,7-10H2,1H3,(H2,24,25,26). The summed E-state index contributed by atoms with van der Waals surface area (Å²) in [6, 6.07) is 11.9. The molecule has 0 saturated carbocycles. The summed E-state index contributed by atoms with van der Waals surface area (Å²) >= 11 is 12.2. The zero-order valence-corrected chi connectivity index (χ0v) is 19.5. The molecule has 1 aliphatic heterocycles. The molecule has 168 valence electrons. The van der Waals surface area contributed by atoms with Gasteiger partial charge in [0.15, 0.2) is 0 Å². The molecular weight excluding hydrogens is 473 g/mol. The van der Waals surface area contributed by atoms with E-state index in [9.17, 15) is 8.42 Å². The van der Waals surface area contributed by atoms with E-state index in [1.54, 1.807) is 0 Å². The van der Waals surface area contributed by atoms with Crippen LogP contribution in [0.1, 0.15) is 0 Å². The third-order valence-corrected chi connectivity index (χ3v) is 7.53. The number of nitrogens with zero attached hydrogens (tertiary/aromatic N) is 4. The first-order valence-corrected chi connectivity index (χ1v) is 12.0. The maximum Gasteiger partial charge on any atom is 0.227 e. The zero-order valence-electron chi connectivity index (χ0n) is 17.2. The SMILES string of the molecule is COc1ccc(S(=O)(=O)c2cnc(N3CCN(c4cccc(Cl)c4)CC3)nc2N)cc1Cl. The van der Waals surface area contributed by atoms with Gasteiger partial charge in [-0.15, -0.1) is 0 Å². The number of rotatable bonds is 5. The van der Waals surface area contributed by atoms with Crippen LogP contribution in [0.3, 0.4) is 0 Å². The molecule has 0 aliphatic carbocycles. The van der Waals surface area contributed by atoms with Gasteiger partial charge in [0.25, 0.3) is 0 Å². The normalized spacial score (nSPS) is 14.5. The van der Waals surface area contributed by atoms with Crippen LogP contribution < -0.4 is 20.3 Å². The number of methoxy groups -OCH3 is 1. The number of hydrogen-bond donors (Lipinski definition) is 1. The molecule has 0 atom stereocenters. The number of piperazine rings is 1. The summed E-state index contributed by atoms with van der Waals surface area (Å²) in [6.07, 6.45) is 1.24. The van der Waals surface area contributed by atoms with Crippen molar-refractivity contribution in [3.05, 3.63) is 58.7 Å². The second-order valence-corrected chi connectivity index (χ2v) is 9.93. The molecule has 11 heteroatoms. The van der Waals surface area contributed by atoms with Crippen LogP contribution in [0.2, 0.25) is 10.0 Å². The van der Waals surface area contributed by atoms with Gasteiger partial charge in [0, 0.05) is 36.9 Å². The van der Waals surface area contributed by atoms with Crippen LogP contribution in [0.4, 0.5) is 17.5 Å². The highest BCUT2D eigenvalue weighted by molar-refractivity contribution is 7.91. The zero-order chi connectivity index (χ0) is 22.9. The summed E-state index contributed by atoms with van der Waals surface area (Å²) in [5, 5.41) is 0.873. The number of anilines is 3. The molecule has 32 heavy (non-hydrogen) atoms. The van der Waals surface area contributed by atoms with Crippen LogP contribution in [-0.4, -0.2) is 51.7 Å². The largest absolute Gasteiger partial charge is 0.495 e. The summed E-state index contributed by atoms with van der Waals surface area (Å²) < 4.78 is 31.1. The van der Waals surface area contributed by atoms with Crippen molar-refractivity contribution in [3.8, 4) is 5.75 Å². The third kappa shape index (κ3) is 4.41. The third-order valence-electron chi connectivity index (χ3n) is 5.23. The fourth-order valence-electron chi connectivity index (χ4n) is 3.51. The molecule has 0 radical (unpaired) electrons. The monoisotopic (exact) mass is 493 g/mol. The number of halogens is 2. The Morgan fingerprint density at radius 1 is 1.03 bits per heavy atom. The van der Waals surface area contributed by atoms with Gasteiger partial charge in [0.1, 0.15) is 16.5 Å². The molecule has 0 amide bonds. The highest BCUT2D eigenvalue weighted by Gasteiger charge is 2.26. The summed E-state index contributed by atoms with van der Waals surface area (Å²) in [4.78, 5) is 12.6. The number of hydrogen-bond acceptors (Lipinski definition) is 8. The molecule has 2 aromatic carbocycles. The maximum absolute atomic E-state index is 13.0. The Kier molecular flexibility index (Phi) is 6.32. The van der Waals surface area contributed by atoms with Gasteiger partial charge in [-0.05, 0) is 36.4 Å². The fourth-order valence-corrected chi connectivity index (χ4v) is 5.31. The average Bonchev–Trinajstić information content (AvgIpc) is 2.79. The van der Waals surface area contributed by atoms with Crippen molar-refractivity contribution < 1.29 is 13.2 Å². The first kappa shape index (κ1) is 22.4. The van der Waals surface area contributed by atoms with Crippen molar-refractivity contribution in [3.63, 3.8) is 0 Å². The Labute approximate surface area is 196 Å². The summed E-state index contributed by atoms with van der Waals surface area (Å²) in [5.41, 5.74) is 7.09. The van der Waals surface area contributed by atoms with Gasteiger partial charge in [-0.2, -0.15) is 4.98 Å². The Morgan fingerprint density at radius 3 is 2.38 bits per heavy atom. The Bertz CT molecular complexity index is 1250. The molecule has 0 unspecified atom stereocenters. The van der Waals surface area contributed by atoms with E-state index in [-0.39, 0.29) is 20.6 Å². The van der Waals surface area contributed by atoms with Gasteiger partial charge in [-0.3, -0.25) is 0 Å². The van der Waals surface area contributed by atoms with E-state index in [4.69, 9.17) is 33.7 Å². The Balaban J connectivity index is 1.52. The van der Waals surface area contributed by atoms with Crippen LogP contribution in [0.25, 0.3) is 0 Å².